The number of hydrogen-bond acceptors (Lipinski definition) is 7. The molecule has 0 amide bonds. The molecule has 3 N–H and O–H groups in total. The van der Waals surface area contributed by atoms with Gasteiger partial charge >= 0.3 is 0 Å². The molecule has 1 atom stereocenters. The third-order valence-corrected chi connectivity index (χ3v) is 9.79. The van der Waals surface area contributed by atoms with Crippen LogP contribution in [0.5, 0.6) is 5.75 Å². The number of aryl methyl sites for hydroxylation is 1. The van der Waals surface area contributed by atoms with Gasteiger partial charge in [0, 0.05) is 45.2 Å². The van der Waals surface area contributed by atoms with E-state index in [1.165, 1.54) is 6.42 Å². The van der Waals surface area contributed by atoms with Gasteiger partial charge in [-0.1, -0.05) is 50.3 Å². The fourth-order valence-electron chi connectivity index (χ4n) is 5.74. The first-order valence-electron chi connectivity index (χ1n) is 16.3. The number of aliphatic hydroxyl groups excluding tert-OH is 1. The Balaban J connectivity index is 0.987. The van der Waals surface area contributed by atoms with Gasteiger partial charge in [0.25, 0.3) is 0 Å². The van der Waals surface area contributed by atoms with E-state index >= 15 is 0 Å². The van der Waals surface area contributed by atoms with Gasteiger partial charge in [0.15, 0.2) is 0 Å². The minimum Gasteiger partial charge on any atom is -0.463 e. The first-order chi connectivity index (χ1) is 20.7. The Morgan fingerprint density at radius 2 is 1.74 bits per heavy atom. The summed E-state index contributed by atoms with van der Waals surface area (Å²) >= 11 is 0. The van der Waals surface area contributed by atoms with Gasteiger partial charge in [0.05, 0.1) is 17.6 Å². The van der Waals surface area contributed by atoms with Crippen LogP contribution in [0.1, 0.15) is 107 Å². The van der Waals surface area contributed by atoms with E-state index in [0.717, 1.165) is 113 Å². The third-order valence-electron chi connectivity index (χ3n) is 8.27. The van der Waals surface area contributed by atoms with E-state index in [9.17, 15) is 13.5 Å². The van der Waals surface area contributed by atoms with E-state index < -0.39 is 21.9 Å². The molecule has 4 rings (SSSR count). The minimum absolute atomic E-state index is 0.0711. The average Bonchev–Trinajstić information content (AvgIpc) is 2.99. The summed E-state index contributed by atoms with van der Waals surface area (Å²) in [6.07, 6.45) is 11.9. The lowest BCUT2D eigenvalue weighted by atomic mass is 9.96. The van der Waals surface area contributed by atoms with Crippen LogP contribution in [-0.2, 0) is 32.5 Å². The number of fused-ring (bicyclic) bond motifs is 1. The van der Waals surface area contributed by atoms with Gasteiger partial charge in [0.2, 0.25) is 15.8 Å². The summed E-state index contributed by atoms with van der Waals surface area (Å²) in [5.74, 6) is 0.207. The second kappa shape index (κ2) is 16.9. The molecule has 0 radical (unpaired) electrons. The topological polar surface area (TPSA) is 106 Å². The maximum Gasteiger partial charge on any atom is 0.240 e. The van der Waals surface area contributed by atoms with Gasteiger partial charge in [0.1, 0.15) is 5.75 Å². The van der Waals surface area contributed by atoms with Gasteiger partial charge in [-0.2, -0.15) is 0 Å². The van der Waals surface area contributed by atoms with Crippen molar-refractivity contribution in [3.63, 3.8) is 0 Å². The van der Waals surface area contributed by atoms with Crippen molar-refractivity contribution < 1.29 is 27.7 Å². The highest BCUT2D eigenvalue weighted by molar-refractivity contribution is 7.89. The molecule has 0 spiro atoms. The Bertz CT molecular complexity index is 1230. The molecule has 1 fully saturated rings. The number of sulfonamides is 1. The number of ether oxygens (including phenoxy) is 3. The maximum atomic E-state index is 12.8. The molecule has 8 nitrogen and oxygen atoms in total. The zero-order valence-electron chi connectivity index (χ0n) is 26.1. The lowest BCUT2D eigenvalue weighted by Crippen LogP contribution is -2.36. The number of nitrogens with one attached hydrogen (secondary N) is 2. The molecule has 0 aromatic heterocycles. The van der Waals surface area contributed by atoms with E-state index in [2.05, 4.69) is 10.0 Å². The molecule has 9 heteroatoms. The number of rotatable bonds is 18. The molecule has 1 aliphatic carbocycles. The van der Waals surface area contributed by atoms with Crippen molar-refractivity contribution in [3.8, 4) is 5.75 Å². The largest absolute Gasteiger partial charge is 0.463 e. The molecular weight excluding hydrogens is 564 g/mol. The Morgan fingerprint density at radius 3 is 2.56 bits per heavy atom. The summed E-state index contributed by atoms with van der Waals surface area (Å²) in [5, 5.41) is 13.9. The van der Waals surface area contributed by atoms with Gasteiger partial charge in [-0.3, -0.25) is 0 Å². The molecule has 1 saturated carbocycles. The van der Waals surface area contributed by atoms with Gasteiger partial charge in [-0.05, 0) is 86.9 Å². The predicted molar refractivity (Wildman–Crippen MR) is 170 cm³/mol. The van der Waals surface area contributed by atoms with Crippen LogP contribution in [0, 0.1) is 0 Å². The van der Waals surface area contributed by atoms with Crippen LogP contribution in [-0.4, -0.2) is 51.7 Å². The third kappa shape index (κ3) is 11.5. The Morgan fingerprint density at radius 1 is 0.977 bits per heavy atom. The Labute approximate surface area is 259 Å². The standard InChI is InChI=1S/C34H52N2O6S/c1-34(2)41-26-29-24-28(18-19-33(29)42-34)32(37)25-35-20-9-3-4-10-21-40-22-11-8-13-27-14-12-17-31(23-27)43(38,39)36-30-15-6-5-7-16-30/h12,14,17-19,23-24,30,32,35-37H,3-11,13,15-16,20-22,25-26H2,1-2H3/t32-/m1/s1. The van der Waals surface area contributed by atoms with E-state index in [-0.39, 0.29) is 6.04 Å². The zero-order chi connectivity index (χ0) is 30.5. The smallest absolute Gasteiger partial charge is 0.240 e. The first-order valence-corrected chi connectivity index (χ1v) is 17.7. The van der Waals surface area contributed by atoms with Crippen molar-refractivity contribution in [2.75, 3.05) is 26.3 Å². The van der Waals surface area contributed by atoms with Crippen LogP contribution in [0.2, 0.25) is 0 Å². The van der Waals surface area contributed by atoms with E-state index in [1.807, 2.05) is 50.2 Å². The van der Waals surface area contributed by atoms with E-state index in [1.54, 1.807) is 6.07 Å². The highest BCUT2D eigenvalue weighted by Crippen LogP contribution is 2.32. The minimum atomic E-state index is -3.46. The zero-order valence-corrected chi connectivity index (χ0v) is 26.9. The summed E-state index contributed by atoms with van der Waals surface area (Å²) in [4.78, 5) is 0.378. The van der Waals surface area contributed by atoms with Crippen molar-refractivity contribution >= 4 is 10.0 Å². The Kier molecular flexibility index (Phi) is 13.3. The van der Waals surface area contributed by atoms with Crippen LogP contribution in [0.15, 0.2) is 47.4 Å². The maximum absolute atomic E-state index is 12.8. The molecule has 0 saturated heterocycles. The first kappa shape index (κ1) is 33.9. The molecule has 240 valence electrons. The van der Waals surface area contributed by atoms with Crippen LogP contribution >= 0.6 is 0 Å². The molecule has 0 bridgehead atoms. The van der Waals surface area contributed by atoms with E-state index in [0.29, 0.717) is 18.0 Å². The number of unbranched alkanes of at least 4 members (excludes halogenated alkanes) is 4. The monoisotopic (exact) mass is 616 g/mol. The second-order valence-electron chi connectivity index (χ2n) is 12.5. The van der Waals surface area contributed by atoms with E-state index in [4.69, 9.17) is 14.2 Å². The van der Waals surface area contributed by atoms with Gasteiger partial charge in [-0.15, -0.1) is 0 Å². The molecule has 43 heavy (non-hydrogen) atoms. The summed E-state index contributed by atoms with van der Waals surface area (Å²) < 4.78 is 45.9. The van der Waals surface area contributed by atoms with Crippen molar-refractivity contribution in [2.45, 2.75) is 120 Å². The Hall–Kier alpha value is -2.01. The predicted octanol–water partition coefficient (Wildman–Crippen LogP) is 6.17. The molecule has 2 aromatic rings. The highest BCUT2D eigenvalue weighted by Gasteiger charge is 2.27. The van der Waals surface area contributed by atoms with Crippen molar-refractivity contribution in [3.05, 3.63) is 59.2 Å². The number of hydrogen-bond donors (Lipinski definition) is 3. The van der Waals surface area contributed by atoms with Crippen LogP contribution < -0.4 is 14.8 Å². The molecule has 2 aliphatic rings. The van der Waals surface area contributed by atoms with Crippen LogP contribution in [0.25, 0.3) is 0 Å². The molecule has 1 aliphatic heterocycles. The van der Waals surface area contributed by atoms with Gasteiger partial charge < -0.3 is 24.6 Å². The lowest BCUT2D eigenvalue weighted by Gasteiger charge is -2.33. The fraction of sp³-hybridized carbons (Fsp3) is 0.647. The summed E-state index contributed by atoms with van der Waals surface area (Å²) in [6, 6.07) is 13.3. The molecule has 1 heterocycles. The lowest BCUT2D eigenvalue weighted by molar-refractivity contribution is -0.180. The number of benzene rings is 2. The van der Waals surface area contributed by atoms with Crippen molar-refractivity contribution in [1.29, 1.82) is 0 Å². The summed E-state index contributed by atoms with van der Waals surface area (Å²) in [5.41, 5.74) is 2.90. The van der Waals surface area contributed by atoms with Crippen LogP contribution in [0.3, 0.4) is 0 Å². The number of aliphatic hydroxyl groups is 1. The molecule has 0 unspecified atom stereocenters. The van der Waals surface area contributed by atoms with Gasteiger partial charge in [-0.25, -0.2) is 13.1 Å². The summed E-state index contributed by atoms with van der Waals surface area (Å²) in [6.45, 7) is 7.19. The highest BCUT2D eigenvalue weighted by atomic mass is 32.2. The van der Waals surface area contributed by atoms with Crippen molar-refractivity contribution in [2.24, 2.45) is 0 Å². The van der Waals surface area contributed by atoms with Crippen molar-refractivity contribution in [1.82, 2.24) is 10.0 Å². The second-order valence-corrected chi connectivity index (χ2v) is 14.2. The molecule has 2 aromatic carbocycles. The SMILES string of the molecule is CC1(C)OCc2cc([C@H](O)CNCCCCCCOCCCCc3cccc(S(=O)(=O)NC4CCCCC4)c3)ccc2O1. The van der Waals surface area contributed by atoms with Crippen LogP contribution in [0.4, 0.5) is 0 Å². The summed E-state index contributed by atoms with van der Waals surface area (Å²) in [7, 11) is -3.46. The quantitative estimate of drug-likeness (QED) is 0.172. The fourth-order valence-corrected chi connectivity index (χ4v) is 7.12. The molecular formula is C34H52N2O6S. The average molecular weight is 617 g/mol. The normalized spacial score (nSPS) is 17.7.